The summed E-state index contributed by atoms with van der Waals surface area (Å²) in [5, 5.41) is 9.24. The van der Waals surface area contributed by atoms with Crippen LogP contribution in [0.25, 0.3) is 0 Å². The summed E-state index contributed by atoms with van der Waals surface area (Å²) >= 11 is 7.68. The lowest BCUT2D eigenvalue weighted by Gasteiger charge is -2.34. The molecule has 7 heteroatoms. The van der Waals surface area contributed by atoms with Gasteiger partial charge in [0, 0.05) is 22.7 Å². The molecule has 1 aliphatic carbocycles. The molecule has 4 rings (SSSR count). The number of ketones is 1. The number of allylic oxidation sites excluding steroid dienone is 2. The van der Waals surface area contributed by atoms with Crippen molar-refractivity contribution < 1.29 is 4.79 Å². The van der Waals surface area contributed by atoms with Gasteiger partial charge in [-0.05, 0) is 36.3 Å². The molecule has 0 fully saturated rings. The lowest BCUT2D eigenvalue weighted by molar-refractivity contribution is -0.117. The van der Waals surface area contributed by atoms with Gasteiger partial charge >= 0.3 is 0 Å². The Bertz CT molecular complexity index is 860. The van der Waals surface area contributed by atoms with Gasteiger partial charge in [0.2, 0.25) is 11.1 Å². The molecule has 5 nitrogen and oxygen atoms in total. The Labute approximate surface area is 149 Å². The number of benzene rings is 1. The maximum Gasteiger partial charge on any atom is 0.227 e. The number of fused-ring (bicyclic) bond motifs is 1. The average Bonchev–Trinajstić information content (AvgIpc) is 2.95. The monoisotopic (exact) mass is 360 g/mol. The summed E-state index contributed by atoms with van der Waals surface area (Å²) in [5.41, 5.74) is 2.72. The van der Waals surface area contributed by atoms with Crippen LogP contribution in [0.2, 0.25) is 5.02 Å². The Hall–Kier alpha value is -1.79. The van der Waals surface area contributed by atoms with E-state index in [1.807, 2.05) is 35.2 Å². The summed E-state index contributed by atoms with van der Waals surface area (Å²) < 4.78 is 1.81. The number of anilines is 1. The van der Waals surface area contributed by atoms with Gasteiger partial charge < -0.3 is 5.32 Å². The van der Waals surface area contributed by atoms with Gasteiger partial charge in [0.1, 0.15) is 6.04 Å². The SMILES string of the molecule is CSc1nc2n(n1)[C@H](c1cccc(Cl)c1)C1=C(C[C@H](C)CC1=O)N2. The molecule has 1 N–H and O–H groups in total. The number of Topliss-reactive ketones (excluding diaryl/α,β-unsaturated/α-hetero) is 1. The Morgan fingerprint density at radius 2 is 2.21 bits per heavy atom. The second-order valence-electron chi connectivity index (χ2n) is 6.28. The lowest BCUT2D eigenvalue weighted by Crippen LogP contribution is -2.33. The second kappa shape index (κ2) is 5.93. The minimum absolute atomic E-state index is 0.174. The highest BCUT2D eigenvalue weighted by atomic mass is 35.5. The van der Waals surface area contributed by atoms with Crippen LogP contribution in [0, 0.1) is 5.92 Å². The van der Waals surface area contributed by atoms with Crippen molar-refractivity contribution in [2.75, 3.05) is 11.6 Å². The van der Waals surface area contributed by atoms with Crippen LogP contribution >= 0.6 is 23.4 Å². The molecule has 1 aromatic heterocycles. The van der Waals surface area contributed by atoms with Crippen molar-refractivity contribution in [3.05, 3.63) is 46.1 Å². The summed E-state index contributed by atoms with van der Waals surface area (Å²) in [4.78, 5) is 17.3. The minimum Gasteiger partial charge on any atom is -0.328 e. The number of aromatic nitrogens is 3. The Morgan fingerprint density at radius 3 is 2.96 bits per heavy atom. The molecule has 0 spiro atoms. The second-order valence-corrected chi connectivity index (χ2v) is 7.49. The van der Waals surface area contributed by atoms with Crippen molar-refractivity contribution in [3.63, 3.8) is 0 Å². The van der Waals surface area contributed by atoms with Crippen LogP contribution in [0.3, 0.4) is 0 Å². The summed E-state index contributed by atoms with van der Waals surface area (Å²) in [5.74, 6) is 1.19. The average molecular weight is 361 g/mol. The highest BCUT2D eigenvalue weighted by Crippen LogP contribution is 2.42. The molecule has 0 saturated carbocycles. The molecular formula is C17H17ClN4OS. The van der Waals surface area contributed by atoms with E-state index in [0.29, 0.717) is 28.5 Å². The van der Waals surface area contributed by atoms with E-state index in [2.05, 4.69) is 22.3 Å². The number of halogens is 1. The topological polar surface area (TPSA) is 59.8 Å². The van der Waals surface area contributed by atoms with Crippen LogP contribution in [-0.2, 0) is 4.79 Å². The first-order valence-corrected chi connectivity index (χ1v) is 9.46. The smallest absolute Gasteiger partial charge is 0.227 e. The largest absolute Gasteiger partial charge is 0.328 e. The summed E-state index contributed by atoms with van der Waals surface area (Å²) in [6.45, 7) is 2.10. The molecule has 0 saturated heterocycles. The van der Waals surface area contributed by atoms with E-state index in [1.165, 1.54) is 11.8 Å². The van der Waals surface area contributed by atoms with Crippen molar-refractivity contribution in [2.24, 2.45) is 5.92 Å². The number of carbonyl (C=O) groups excluding carboxylic acids is 1. The third kappa shape index (κ3) is 2.54. The van der Waals surface area contributed by atoms with E-state index in [-0.39, 0.29) is 11.8 Å². The summed E-state index contributed by atoms with van der Waals surface area (Å²) in [6.07, 6.45) is 3.35. The first-order chi connectivity index (χ1) is 11.6. The van der Waals surface area contributed by atoms with Crippen molar-refractivity contribution in [1.82, 2.24) is 14.8 Å². The molecule has 2 aliphatic rings. The van der Waals surface area contributed by atoms with Crippen LogP contribution in [0.5, 0.6) is 0 Å². The fourth-order valence-electron chi connectivity index (χ4n) is 3.46. The van der Waals surface area contributed by atoms with Gasteiger partial charge in [-0.2, -0.15) is 4.98 Å². The third-order valence-electron chi connectivity index (χ3n) is 4.45. The number of rotatable bonds is 2. The minimum atomic E-state index is -0.275. The van der Waals surface area contributed by atoms with Crippen molar-refractivity contribution >= 4 is 35.1 Å². The van der Waals surface area contributed by atoms with E-state index >= 15 is 0 Å². The molecular weight excluding hydrogens is 344 g/mol. The zero-order valence-corrected chi connectivity index (χ0v) is 15.0. The van der Waals surface area contributed by atoms with Gasteiger partial charge in [0.15, 0.2) is 5.78 Å². The van der Waals surface area contributed by atoms with E-state index < -0.39 is 0 Å². The zero-order valence-electron chi connectivity index (χ0n) is 13.4. The van der Waals surface area contributed by atoms with Crippen LogP contribution in [0.1, 0.15) is 31.4 Å². The number of thioether (sulfide) groups is 1. The Balaban J connectivity index is 1.92. The molecule has 2 atom stereocenters. The van der Waals surface area contributed by atoms with E-state index in [1.54, 1.807) is 0 Å². The molecule has 0 amide bonds. The first-order valence-electron chi connectivity index (χ1n) is 7.86. The number of hydrogen-bond donors (Lipinski definition) is 1. The number of nitrogens with zero attached hydrogens (tertiary/aromatic N) is 3. The van der Waals surface area contributed by atoms with E-state index in [9.17, 15) is 4.79 Å². The van der Waals surface area contributed by atoms with Gasteiger partial charge in [-0.3, -0.25) is 4.79 Å². The Morgan fingerprint density at radius 1 is 1.38 bits per heavy atom. The van der Waals surface area contributed by atoms with E-state index in [0.717, 1.165) is 23.3 Å². The molecule has 2 aromatic rings. The van der Waals surface area contributed by atoms with Crippen LogP contribution in [0.4, 0.5) is 5.95 Å². The van der Waals surface area contributed by atoms with Crippen LogP contribution in [-0.4, -0.2) is 26.8 Å². The molecule has 0 radical (unpaired) electrons. The molecule has 0 unspecified atom stereocenters. The van der Waals surface area contributed by atoms with Crippen molar-refractivity contribution in [3.8, 4) is 0 Å². The molecule has 1 aromatic carbocycles. The number of nitrogens with one attached hydrogen (secondary N) is 1. The van der Waals surface area contributed by atoms with Gasteiger partial charge in [-0.1, -0.05) is 42.4 Å². The van der Waals surface area contributed by atoms with E-state index in [4.69, 9.17) is 11.6 Å². The summed E-state index contributed by atoms with van der Waals surface area (Å²) in [7, 11) is 0. The van der Waals surface area contributed by atoms with Crippen molar-refractivity contribution in [2.45, 2.75) is 31.0 Å². The fraction of sp³-hybridized carbons (Fsp3) is 0.353. The predicted octanol–water partition coefficient (Wildman–Crippen LogP) is 3.92. The maximum absolute atomic E-state index is 12.8. The molecule has 2 heterocycles. The molecule has 24 heavy (non-hydrogen) atoms. The van der Waals surface area contributed by atoms with Crippen molar-refractivity contribution in [1.29, 1.82) is 0 Å². The standard InChI is InChI=1S/C17H17ClN4OS/c1-9-6-12-14(13(23)7-9)15(10-4-3-5-11(18)8-10)22-16(19-12)20-17(21-22)24-2/h3-5,8-9,15H,6-7H2,1-2H3,(H,19,20,21)/t9-,15+/m0/s1. The predicted molar refractivity (Wildman–Crippen MR) is 95.4 cm³/mol. The normalized spacial score (nSPS) is 22.9. The van der Waals surface area contributed by atoms with Crippen LogP contribution < -0.4 is 5.32 Å². The Kier molecular flexibility index (Phi) is 3.89. The highest BCUT2D eigenvalue weighted by molar-refractivity contribution is 7.98. The molecule has 1 aliphatic heterocycles. The van der Waals surface area contributed by atoms with Gasteiger partial charge in [0.05, 0.1) is 0 Å². The first kappa shape index (κ1) is 15.7. The van der Waals surface area contributed by atoms with Gasteiger partial charge in [-0.25, -0.2) is 4.68 Å². The number of carbonyl (C=O) groups is 1. The molecule has 0 bridgehead atoms. The summed E-state index contributed by atoms with van der Waals surface area (Å²) in [6, 6.07) is 7.35. The lowest BCUT2D eigenvalue weighted by atomic mass is 9.81. The molecule has 124 valence electrons. The van der Waals surface area contributed by atoms with Gasteiger partial charge in [-0.15, -0.1) is 5.10 Å². The highest BCUT2D eigenvalue weighted by Gasteiger charge is 2.38. The number of hydrogen-bond acceptors (Lipinski definition) is 5. The quantitative estimate of drug-likeness (QED) is 0.822. The fourth-order valence-corrected chi connectivity index (χ4v) is 4.00. The van der Waals surface area contributed by atoms with Gasteiger partial charge in [0.25, 0.3) is 0 Å². The third-order valence-corrected chi connectivity index (χ3v) is 5.22. The zero-order chi connectivity index (χ0) is 16.8. The maximum atomic E-state index is 12.8. The van der Waals surface area contributed by atoms with Crippen LogP contribution in [0.15, 0.2) is 40.7 Å².